The van der Waals surface area contributed by atoms with Gasteiger partial charge in [-0.2, -0.15) is 5.10 Å². The summed E-state index contributed by atoms with van der Waals surface area (Å²) in [5, 5.41) is 4.93. The van der Waals surface area contributed by atoms with E-state index in [4.69, 9.17) is 16.3 Å². The maximum atomic E-state index is 6.22. The van der Waals surface area contributed by atoms with Crippen molar-refractivity contribution in [2.45, 2.75) is 38.0 Å². The zero-order valence-corrected chi connectivity index (χ0v) is 11.5. The minimum absolute atomic E-state index is 0.263. The van der Waals surface area contributed by atoms with Crippen LogP contribution in [-0.4, -0.2) is 20.9 Å². The monoisotopic (exact) mass is 277 g/mol. The van der Waals surface area contributed by atoms with E-state index >= 15 is 0 Å². The molecule has 100 valence electrons. The number of hydrogen-bond donors (Lipinski definition) is 0. The van der Waals surface area contributed by atoms with Crippen LogP contribution < -0.4 is 0 Å². The first kappa shape index (κ1) is 12.6. The van der Waals surface area contributed by atoms with E-state index in [1.807, 2.05) is 28.9 Å². The number of rotatable bonds is 3. The van der Waals surface area contributed by atoms with Crippen LogP contribution in [0.5, 0.6) is 0 Å². The van der Waals surface area contributed by atoms with Gasteiger partial charge in [0.15, 0.2) is 0 Å². The highest BCUT2D eigenvalue weighted by Gasteiger charge is 2.40. The maximum absolute atomic E-state index is 6.22. The van der Waals surface area contributed by atoms with Crippen molar-refractivity contribution in [1.82, 2.24) is 14.8 Å². The Hall–Kier alpha value is -1.39. The molecule has 4 nitrogen and oxygen atoms in total. The molecule has 19 heavy (non-hydrogen) atoms. The molecule has 2 heterocycles. The highest BCUT2D eigenvalue weighted by atomic mass is 35.5. The second kappa shape index (κ2) is 4.94. The summed E-state index contributed by atoms with van der Waals surface area (Å²) >= 11 is 5.97. The smallest absolute Gasteiger partial charge is 0.137 e. The van der Waals surface area contributed by atoms with Crippen LogP contribution in [0, 0.1) is 0 Å². The van der Waals surface area contributed by atoms with Crippen LogP contribution in [0.4, 0.5) is 0 Å². The van der Waals surface area contributed by atoms with Crippen molar-refractivity contribution in [1.29, 1.82) is 0 Å². The third-order valence-electron chi connectivity index (χ3n) is 3.64. The molecule has 1 aliphatic rings. The lowest BCUT2D eigenvalue weighted by Crippen LogP contribution is -2.32. The summed E-state index contributed by atoms with van der Waals surface area (Å²) in [5.41, 5.74) is 0.828. The van der Waals surface area contributed by atoms with Crippen molar-refractivity contribution in [3.8, 4) is 0 Å². The molecular weight excluding hydrogens is 262 g/mol. The van der Waals surface area contributed by atoms with E-state index in [1.165, 1.54) is 0 Å². The van der Waals surface area contributed by atoms with E-state index in [0.717, 1.165) is 23.4 Å². The molecule has 2 atom stereocenters. The molecule has 0 N–H and O–H groups in total. The SMILES string of the molecule is CC1CCC(Cn2cncn2)(c2ccc(Cl)cc2)O1. The normalized spacial score (nSPS) is 26.7. The Balaban J connectivity index is 1.95. The summed E-state index contributed by atoms with van der Waals surface area (Å²) in [6.45, 7) is 2.79. The van der Waals surface area contributed by atoms with Crippen LogP contribution in [0.3, 0.4) is 0 Å². The van der Waals surface area contributed by atoms with E-state index in [2.05, 4.69) is 17.0 Å². The number of aromatic nitrogens is 3. The second-order valence-corrected chi connectivity index (χ2v) is 5.50. The zero-order valence-electron chi connectivity index (χ0n) is 10.8. The molecule has 2 aromatic rings. The van der Waals surface area contributed by atoms with Crippen LogP contribution in [0.2, 0.25) is 5.02 Å². The van der Waals surface area contributed by atoms with Crippen LogP contribution >= 0.6 is 11.6 Å². The summed E-state index contributed by atoms with van der Waals surface area (Å²) in [7, 11) is 0. The first-order valence-electron chi connectivity index (χ1n) is 6.44. The fourth-order valence-corrected chi connectivity index (χ4v) is 2.82. The average molecular weight is 278 g/mol. The molecule has 3 rings (SSSR count). The standard InChI is InChI=1S/C14H16ClN3O/c1-11-6-7-14(19-11,8-18-10-16-9-17-18)12-2-4-13(15)5-3-12/h2-5,9-11H,6-8H2,1H3. The molecule has 0 spiro atoms. The summed E-state index contributed by atoms with van der Waals surface area (Å²) in [5.74, 6) is 0. The molecule has 0 radical (unpaired) electrons. The van der Waals surface area contributed by atoms with Gasteiger partial charge in [0.2, 0.25) is 0 Å². The van der Waals surface area contributed by atoms with Gasteiger partial charge in [-0.1, -0.05) is 23.7 Å². The highest BCUT2D eigenvalue weighted by Crippen LogP contribution is 2.40. The van der Waals surface area contributed by atoms with Crippen LogP contribution in [-0.2, 0) is 16.9 Å². The van der Waals surface area contributed by atoms with Crippen molar-refractivity contribution < 1.29 is 4.74 Å². The quantitative estimate of drug-likeness (QED) is 0.866. The number of nitrogens with zero attached hydrogens (tertiary/aromatic N) is 3. The van der Waals surface area contributed by atoms with E-state index in [1.54, 1.807) is 12.7 Å². The maximum Gasteiger partial charge on any atom is 0.137 e. The topological polar surface area (TPSA) is 39.9 Å². The third-order valence-corrected chi connectivity index (χ3v) is 3.89. The Bertz CT molecular complexity index is 540. The summed E-state index contributed by atoms with van der Waals surface area (Å²) in [4.78, 5) is 4.00. The molecule has 1 aromatic carbocycles. The van der Waals surface area contributed by atoms with Gasteiger partial charge in [-0.15, -0.1) is 0 Å². The minimum atomic E-state index is -0.322. The van der Waals surface area contributed by atoms with Gasteiger partial charge in [-0.25, -0.2) is 9.67 Å². The van der Waals surface area contributed by atoms with Gasteiger partial charge < -0.3 is 4.74 Å². The van der Waals surface area contributed by atoms with E-state index in [-0.39, 0.29) is 11.7 Å². The molecule has 1 fully saturated rings. The number of halogens is 1. The van der Waals surface area contributed by atoms with Crippen molar-refractivity contribution >= 4 is 11.6 Å². The molecule has 0 amide bonds. The number of benzene rings is 1. The van der Waals surface area contributed by atoms with Gasteiger partial charge in [-0.05, 0) is 37.5 Å². The van der Waals surface area contributed by atoms with Gasteiger partial charge in [0.25, 0.3) is 0 Å². The summed E-state index contributed by atoms with van der Waals surface area (Å²) in [6, 6.07) is 7.90. The largest absolute Gasteiger partial charge is 0.365 e. The Kier molecular flexibility index (Phi) is 3.29. The first-order valence-corrected chi connectivity index (χ1v) is 6.82. The number of ether oxygens (including phenoxy) is 1. The Morgan fingerprint density at radius 1 is 1.42 bits per heavy atom. The molecule has 1 aromatic heterocycles. The fourth-order valence-electron chi connectivity index (χ4n) is 2.69. The molecular formula is C14H16ClN3O. The fraction of sp³-hybridized carbons (Fsp3) is 0.429. The van der Waals surface area contributed by atoms with Gasteiger partial charge in [0, 0.05) is 5.02 Å². The van der Waals surface area contributed by atoms with Crippen molar-refractivity contribution in [2.75, 3.05) is 0 Å². The lowest BCUT2D eigenvalue weighted by atomic mass is 9.90. The van der Waals surface area contributed by atoms with Crippen LogP contribution in [0.15, 0.2) is 36.9 Å². The Morgan fingerprint density at radius 3 is 2.79 bits per heavy atom. The van der Waals surface area contributed by atoms with Gasteiger partial charge in [-0.3, -0.25) is 0 Å². The van der Waals surface area contributed by atoms with E-state index < -0.39 is 0 Å². The molecule has 1 aliphatic heterocycles. The Labute approximate surface area is 117 Å². The third kappa shape index (κ3) is 2.51. The first-order chi connectivity index (χ1) is 9.18. The average Bonchev–Trinajstić information content (AvgIpc) is 3.01. The van der Waals surface area contributed by atoms with Crippen molar-refractivity contribution in [2.24, 2.45) is 0 Å². The molecule has 1 saturated heterocycles. The highest BCUT2D eigenvalue weighted by molar-refractivity contribution is 6.30. The van der Waals surface area contributed by atoms with Crippen LogP contribution in [0.25, 0.3) is 0 Å². The molecule has 0 aliphatic carbocycles. The number of hydrogen-bond acceptors (Lipinski definition) is 3. The van der Waals surface area contributed by atoms with Gasteiger partial charge in [0.05, 0.1) is 12.6 Å². The van der Waals surface area contributed by atoms with Crippen LogP contribution in [0.1, 0.15) is 25.3 Å². The Morgan fingerprint density at radius 2 is 2.21 bits per heavy atom. The zero-order chi connectivity index (χ0) is 13.3. The molecule has 2 unspecified atom stereocenters. The minimum Gasteiger partial charge on any atom is -0.365 e. The van der Waals surface area contributed by atoms with Gasteiger partial charge in [0.1, 0.15) is 18.3 Å². The molecule has 0 bridgehead atoms. The van der Waals surface area contributed by atoms with E-state index in [9.17, 15) is 0 Å². The van der Waals surface area contributed by atoms with Crippen molar-refractivity contribution in [3.63, 3.8) is 0 Å². The van der Waals surface area contributed by atoms with E-state index in [0.29, 0.717) is 6.54 Å². The second-order valence-electron chi connectivity index (χ2n) is 5.06. The lowest BCUT2D eigenvalue weighted by molar-refractivity contribution is -0.0524. The summed E-state index contributed by atoms with van der Waals surface area (Å²) in [6.07, 6.45) is 5.57. The predicted octanol–water partition coefficient (Wildman–Crippen LogP) is 3.03. The molecule has 0 saturated carbocycles. The van der Waals surface area contributed by atoms with Gasteiger partial charge >= 0.3 is 0 Å². The summed E-state index contributed by atoms with van der Waals surface area (Å²) < 4.78 is 8.04. The van der Waals surface area contributed by atoms with Crippen molar-refractivity contribution in [3.05, 3.63) is 47.5 Å². The predicted molar refractivity (Wildman–Crippen MR) is 72.9 cm³/mol. The lowest BCUT2D eigenvalue weighted by Gasteiger charge is -2.29. The molecule has 5 heteroatoms.